The van der Waals surface area contributed by atoms with E-state index in [4.69, 9.17) is 4.74 Å². The van der Waals surface area contributed by atoms with Gasteiger partial charge in [0, 0.05) is 23.7 Å². The van der Waals surface area contributed by atoms with Gasteiger partial charge in [-0.15, -0.1) is 0 Å². The number of amides is 1. The maximum Gasteiger partial charge on any atom is 0.344 e. The third-order valence-corrected chi connectivity index (χ3v) is 3.93. The predicted molar refractivity (Wildman–Crippen MR) is 102 cm³/mol. The summed E-state index contributed by atoms with van der Waals surface area (Å²) >= 11 is 0. The van der Waals surface area contributed by atoms with E-state index in [1.807, 2.05) is 38.1 Å². The van der Waals surface area contributed by atoms with Crippen molar-refractivity contribution in [2.45, 2.75) is 26.7 Å². The fourth-order valence-electron chi connectivity index (χ4n) is 2.63. The number of carbonyl (C=O) groups is 2. The van der Waals surface area contributed by atoms with Crippen molar-refractivity contribution in [3.63, 3.8) is 0 Å². The molecule has 26 heavy (non-hydrogen) atoms. The first-order chi connectivity index (χ1) is 12.4. The molecule has 0 unspecified atom stereocenters. The second kappa shape index (κ2) is 7.35. The Labute approximate surface area is 152 Å². The van der Waals surface area contributed by atoms with Crippen LogP contribution in [0.3, 0.4) is 0 Å². The summed E-state index contributed by atoms with van der Waals surface area (Å²) < 4.78 is 5.52. The molecule has 1 aromatic heterocycles. The molecule has 0 aliphatic carbocycles. The van der Waals surface area contributed by atoms with E-state index in [2.05, 4.69) is 10.3 Å². The number of anilines is 1. The highest BCUT2D eigenvalue weighted by Gasteiger charge is 2.16. The Bertz CT molecular complexity index is 963. The summed E-state index contributed by atoms with van der Waals surface area (Å²) in [6.07, 6.45) is 0. The number of hydrogen-bond donors (Lipinski definition) is 1. The zero-order valence-electron chi connectivity index (χ0n) is 14.9. The van der Waals surface area contributed by atoms with Gasteiger partial charge in [0.05, 0.1) is 11.1 Å². The molecule has 0 spiro atoms. The van der Waals surface area contributed by atoms with Gasteiger partial charge in [-0.3, -0.25) is 9.78 Å². The fraction of sp³-hybridized carbons (Fsp3) is 0.190. The fourth-order valence-corrected chi connectivity index (χ4v) is 2.63. The summed E-state index contributed by atoms with van der Waals surface area (Å²) in [5, 5.41) is 3.43. The zero-order valence-corrected chi connectivity index (χ0v) is 14.9. The van der Waals surface area contributed by atoms with Gasteiger partial charge in [0.15, 0.2) is 0 Å². The first-order valence-electron chi connectivity index (χ1n) is 8.43. The van der Waals surface area contributed by atoms with Crippen LogP contribution in [0.4, 0.5) is 5.69 Å². The lowest BCUT2D eigenvalue weighted by molar-refractivity contribution is -0.114. The molecule has 2 aromatic carbocycles. The smallest absolute Gasteiger partial charge is 0.344 e. The summed E-state index contributed by atoms with van der Waals surface area (Å²) in [6, 6.07) is 16.0. The molecule has 1 heterocycles. The molecule has 3 aromatic rings. The van der Waals surface area contributed by atoms with E-state index >= 15 is 0 Å². The molecule has 1 N–H and O–H groups in total. The maximum atomic E-state index is 12.7. The summed E-state index contributed by atoms with van der Waals surface area (Å²) in [4.78, 5) is 28.4. The van der Waals surface area contributed by atoms with E-state index in [1.165, 1.54) is 6.92 Å². The van der Waals surface area contributed by atoms with E-state index < -0.39 is 5.97 Å². The number of ether oxygens (including phenoxy) is 1. The Morgan fingerprint density at radius 3 is 2.38 bits per heavy atom. The lowest BCUT2D eigenvalue weighted by Gasteiger charge is -2.11. The molecule has 3 rings (SSSR count). The number of benzene rings is 2. The molecule has 0 saturated carbocycles. The Morgan fingerprint density at radius 2 is 1.73 bits per heavy atom. The molecule has 0 fully saturated rings. The van der Waals surface area contributed by atoms with Gasteiger partial charge in [0.2, 0.25) is 5.91 Å². The average molecular weight is 348 g/mol. The van der Waals surface area contributed by atoms with E-state index in [1.54, 1.807) is 30.3 Å². The van der Waals surface area contributed by atoms with Gasteiger partial charge in [0.1, 0.15) is 5.75 Å². The van der Waals surface area contributed by atoms with Crippen LogP contribution in [0.5, 0.6) is 5.75 Å². The Balaban J connectivity index is 1.91. The number of nitrogens with zero attached hydrogens (tertiary/aromatic N) is 1. The van der Waals surface area contributed by atoms with E-state index in [0.29, 0.717) is 17.0 Å². The third kappa shape index (κ3) is 3.88. The molecule has 132 valence electrons. The molecule has 0 atom stereocenters. The van der Waals surface area contributed by atoms with E-state index in [9.17, 15) is 9.59 Å². The van der Waals surface area contributed by atoms with Crippen LogP contribution in [0.1, 0.15) is 42.7 Å². The summed E-state index contributed by atoms with van der Waals surface area (Å²) in [5.41, 5.74) is 2.75. The maximum absolute atomic E-state index is 12.7. The topological polar surface area (TPSA) is 68.3 Å². The third-order valence-electron chi connectivity index (χ3n) is 3.93. The summed E-state index contributed by atoms with van der Waals surface area (Å²) in [5.74, 6) is 0.0242. The number of aromatic nitrogens is 1. The van der Waals surface area contributed by atoms with Gasteiger partial charge in [-0.1, -0.05) is 32.0 Å². The Morgan fingerprint density at radius 1 is 1.04 bits per heavy atom. The highest BCUT2D eigenvalue weighted by molar-refractivity contribution is 6.04. The highest BCUT2D eigenvalue weighted by atomic mass is 16.5. The molecular formula is C21H20N2O3. The van der Waals surface area contributed by atoms with Crippen molar-refractivity contribution in [3.8, 4) is 5.75 Å². The van der Waals surface area contributed by atoms with Gasteiger partial charge in [-0.25, -0.2) is 4.79 Å². The minimum absolute atomic E-state index is 0.154. The quantitative estimate of drug-likeness (QED) is 0.555. The van der Waals surface area contributed by atoms with E-state index in [-0.39, 0.29) is 11.8 Å². The molecule has 0 aliphatic heterocycles. The van der Waals surface area contributed by atoms with Crippen LogP contribution in [0.2, 0.25) is 0 Å². The van der Waals surface area contributed by atoms with Crippen LogP contribution < -0.4 is 10.1 Å². The minimum atomic E-state index is -0.433. The van der Waals surface area contributed by atoms with Crippen LogP contribution in [0, 0.1) is 0 Å². The van der Waals surface area contributed by atoms with Crippen LogP contribution in [-0.4, -0.2) is 16.9 Å². The number of rotatable bonds is 4. The molecule has 0 radical (unpaired) electrons. The number of esters is 1. The molecular weight excluding hydrogens is 328 g/mol. The molecule has 1 amide bonds. The van der Waals surface area contributed by atoms with Crippen molar-refractivity contribution in [3.05, 3.63) is 65.9 Å². The zero-order chi connectivity index (χ0) is 18.7. The first kappa shape index (κ1) is 17.6. The Hall–Kier alpha value is -3.21. The van der Waals surface area contributed by atoms with Gasteiger partial charge in [0.25, 0.3) is 0 Å². The Kier molecular flexibility index (Phi) is 4.98. The molecule has 0 saturated heterocycles. The van der Waals surface area contributed by atoms with Gasteiger partial charge < -0.3 is 10.1 Å². The summed E-state index contributed by atoms with van der Waals surface area (Å²) in [6.45, 7) is 5.51. The molecule has 0 bridgehead atoms. The normalized spacial score (nSPS) is 10.8. The van der Waals surface area contributed by atoms with Crippen molar-refractivity contribution in [2.75, 3.05) is 5.32 Å². The van der Waals surface area contributed by atoms with Crippen LogP contribution in [0.15, 0.2) is 54.6 Å². The molecule has 0 aliphatic rings. The van der Waals surface area contributed by atoms with Gasteiger partial charge in [-0.05, 0) is 42.3 Å². The highest BCUT2D eigenvalue weighted by Crippen LogP contribution is 2.24. The van der Waals surface area contributed by atoms with Crippen molar-refractivity contribution in [1.29, 1.82) is 0 Å². The summed E-state index contributed by atoms with van der Waals surface area (Å²) in [7, 11) is 0. The SMILES string of the molecule is CC(=O)Nc1ccc(OC(=O)c2cc(C(C)C)nc3ccccc23)cc1. The van der Waals surface area contributed by atoms with Crippen LogP contribution >= 0.6 is 0 Å². The lowest BCUT2D eigenvalue weighted by Crippen LogP contribution is -2.11. The van der Waals surface area contributed by atoms with Crippen LogP contribution in [0.25, 0.3) is 10.9 Å². The number of hydrogen-bond acceptors (Lipinski definition) is 4. The van der Waals surface area contributed by atoms with Gasteiger partial charge >= 0.3 is 5.97 Å². The lowest BCUT2D eigenvalue weighted by atomic mass is 10.0. The van der Waals surface area contributed by atoms with Gasteiger partial charge in [-0.2, -0.15) is 0 Å². The minimum Gasteiger partial charge on any atom is -0.423 e. The number of para-hydroxylation sites is 1. The van der Waals surface area contributed by atoms with Crippen LogP contribution in [-0.2, 0) is 4.79 Å². The monoisotopic (exact) mass is 348 g/mol. The van der Waals surface area contributed by atoms with Crippen molar-refractivity contribution in [2.24, 2.45) is 0 Å². The van der Waals surface area contributed by atoms with E-state index in [0.717, 1.165) is 16.6 Å². The molecule has 5 heteroatoms. The largest absolute Gasteiger partial charge is 0.423 e. The average Bonchev–Trinajstić information content (AvgIpc) is 2.61. The molecule has 5 nitrogen and oxygen atoms in total. The second-order valence-corrected chi connectivity index (χ2v) is 6.36. The first-order valence-corrected chi connectivity index (χ1v) is 8.43. The number of pyridine rings is 1. The number of carbonyl (C=O) groups excluding carboxylic acids is 2. The predicted octanol–water partition coefficient (Wildman–Crippen LogP) is 4.54. The number of nitrogens with one attached hydrogen (secondary N) is 1. The van der Waals surface area contributed by atoms with Crippen molar-refractivity contribution >= 4 is 28.5 Å². The number of fused-ring (bicyclic) bond motifs is 1. The van der Waals surface area contributed by atoms with Crippen molar-refractivity contribution in [1.82, 2.24) is 4.98 Å². The standard InChI is InChI=1S/C21H20N2O3/c1-13(2)20-12-18(17-6-4-5-7-19(17)23-20)21(25)26-16-10-8-15(9-11-16)22-14(3)24/h4-13H,1-3H3,(H,22,24). The van der Waals surface area contributed by atoms with Crippen molar-refractivity contribution < 1.29 is 14.3 Å². The second-order valence-electron chi connectivity index (χ2n) is 6.36.